The second-order valence-electron chi connectivity index (χ2n) is 19.4. The lowest BCUT2D eigenvalue weighted by Gasteiger charge is -2.17. The van der Waals surface area contributed by atoms with Crippen molar-refractivity contribution in [3.8, 4) is 12.1 Å². The Hall–Kier alpha value is -6.87. The fourth-order valence-corrected chi connectivity index (χ4v) is 6.93. The van der Waals surface area contributed by atoms with Crippen molar-refractivity contribution in [3.63, 3.8) is 0 Å². The highest BCUT2D eigenvalue weighted by atomic mass is 19.4. The number of nitrogens with zero attached hydrogens (tertiary/aromatic N) is 2. The largest absolute Gasteiger partial charge is 0.511 e. The molecule has 7 aliphatic rings. The lowest BCUT2D eigenvalue weighted by atomic mass is 10.2. The Balaban J connectivity index is 0.000000545. The second-order valence-corrected chi connectivity index (χ2v) is 19.4. The minimum atomic E-state index is -4.62. The molecule has 0 spiro atoms. The van der Waals surface area contributed by atoms with E-state index in [1.807, 2.05) is 40.7 Å². The first-order chi connectivity index (χ1) is 44.5. The molecule has 0 amide bonds. The Morgan fingerprint density at radius 1 is 0.430 bits per heavy atom. The highest BCUT2D eigenvalue weighted by Crippen LogP contribution is 2.31. The number of hydrogen-bond donors (Lipinski definition) is 0. The summed E-state index contributed by atoms with van der Waals surface area (Å²) < 4.78 is 179. The summed E-state index contributed by atoms with van der Waals surface area (Å²) in [7, 11) is 0. The fraction of sp³-hybridized carbons (Fsp3) is 0.839. The van der Waals surface area contributed by atoms with Gasteiger partial charge in [-0.3, -0.25) is 0 Å². The number of hydrogen-bond acceptors (Lipinski definition) is 31. The molecular weight excluding hydrogens is 1280 g/mol. The van der Waals surface area contributed by atoms with Crippen LogP contribution in [-0.2, 0) is 104 Å². The van der Waals surface area contributed by atoms with E-state index < -0.39 is 105 Å². The van der Waals surface area contributed by atoms with Gasteiger partial charge in [-0.2, -0.15) is 32.5 Å². The summed E-state index contributed by atoms with van der Waals surface area (Å²) in [6.07, 6.45) is -18.0. The minimum absolute atomic E-state index is 0.0289. The molecule has 7 fully saturated rings. The Bertz CT molecular complexity index is 2150. The number of ether oxygens (including phenoxy) is 22. The number of carbonyl (C=O) groups excluding carboxylic acids is 7. The molecule has 7 rings (SSSR count). The van der Waals surface area contributed by atoms with Crippen LogP contribution >= 0.6 is 0 Å². The quantitative estimate of drug-likeness (QED) is 0.0256. The van der Waals surface area contributed by atoms with Crippen LogP contribution < -0.4 is 0 Å². The van der Waals surface area contributed by atoms with E-state index in [9.17, 15) is 59.9 Å². The smallest absolute Gasteiger partial charge is 0.430 e. The molecule has 0 bridgehead atoms. The van der Waals surface area contributed by atoms with Gasteiger partial charge in [-0.05, 0) is 45.4 Å². The highest BCUT2D eigenvalue weighted by Gasteiger charge is 2.54. The Morgan fingerprint density at radius 2 is 0.817 bits per heavy atom. The molecule has 37 heteroatoms. The van der Waals surface area contributed by atoms with Crippen molar-refractivity contribution in [2.75, 3.05) is 112 Å². The molecule has 0 saturated carbocycles. The number of halogens is 6. The Morgan fingerprint density at radius 3 is 1.26 bits per heavy atom. The molecule has 0 aromatic heterocycles. The Kier molecular flexibility index (Phi) is 45.8. The maximum Gasteiger partial charge on any atom is 0.511 e. The first-order valence-corrected chi connectivity index (χ1v) is 29.9. The van der Waals surface area contributed by atoms with Gasteiger partial charge in [-0.1, -0.05) is 41.5 Å². The monoisotopic (exact) mass is 1360 g/mol. The van der Waals surface area contributed by atoms with Gasteiger partial charge in [0.2, 0.25) is 18.6 Å². The summed E-state index contributed by atoms with van der Waals surface area (Å²) in [5.74, 6) is 0. The topological polar surface area (TPSA) is 370 Å². The predicted octanol–water partition coefficient (Wildman–Crippen LogP) is 9.04. The SMILES string of the molecule is CCCOCC1COC(=O)O1.CCCOCC1OC(=O)OC1C.CCCOCC1OC(=O)OC1C(F)(F)F.CCCOCC1OC(=O)OC1COCCC#N.CCCOCC1OC(=O)OC1F.CCCOCCC1COC(=O)O1.N#CCCOC(F)C1OC(=O)OC1F. The van der Waals surface area contributed by atoms with Gasteiger partial charge in [0.15, 0.2) is 36.6 Å². The third-order valence-electron chi connectivity index (χ3n) is 11.3. The van der Waals surface area contributed by atoms with Crippen molar-refractivity contribution in [1.82, 2.24) is 0 Å². The lowest BCUT2D eigenvalue weighted by molar-refractivity contribution is -0.207. The summed E-state index contributed by atoms with van der Waals surface area (Å²) in [6.45, 7) is 19.9. The number of alkyl halides is 6. The zero-order chi connectivity index (χ0) is 69.4. The van der Waals surface area contributed by atoms with Crippen LogP contribution in [0.3, 0.4) is 0 Å². The molecule has 13 unspecified atom stereocenters. The summed E-state index contributed by atoms with van der Waals surface area (Å²) in [6, 6.07) is 3.68. The van der Waals surface area contributed by atoms with E-state index in [1.54, 1.807) is 13.0 Å². The first-order valence-electron chi connectivity index (χ1n) is 29.9. The van der Waals surface area contributed by atoms with Crippen LogP contribution in [0.1, 0.15) is 106 Å². The molecule has 536 valence electrons. The van der Waals surface area contributed by atoms with E-state index in [1.165, 1.54) is 0 Å². The first kappa shape index (κ1) is 84.1. The fourth-order valence-electron chi connectivity index (χ4n) is 6.93. The van der Waals surface area contributed by atoms with Gasteiger partial charge in [0.25, 0.3) is 12.7 Å². The van der Waals surface area contributed by atoms with Crippen LogP contribution in [0, 0.1) is 22.7 Å². The number of cyclic esters (lactones) is 14. The highest BCUT2D eigenvalue weighted by molar-refractivity contribution is 5.64. The standard InChI is InChI=1S/C11H17NO5.C8H11F3O4.2C8H14O4.C7H7F2NO4.C7H11FO4.C7H12O4/c1-2-5-14-7-9-10(17-11(13)16-9)8-15-6-3-4-12;1-2-3-13-4-5-6(8(9,10)11)15-7(12)14-5;1-3-4-10-5-7-6(2)11-8(9)12-7;1-2-4-10-5-3-7-6-11-8(9)12-7;8-5(12-3-1-2-10)4-6(9)14-7(11)13-4;1-2-3-10-4-5-6(8)12-7(9)11-5;1-2-3-9-4-6-5-10-7(8)11-6/h9-10H,2-3,5-8H2,1H3;5-6H,2-4H2,1H3;6-7H,3-5H2,1-2H3;7H,2-6H2,1H3;4-6H,1,3H2;5-6H,2-4H2,1H3;6H,2-5H2,1H3. The van der Waals surface area contributed by atoms with Crippen molar-refractivity contribution in [2.45, 2.75) is 193 Å². The summed E-state index contributed by atoms with van der Waals surface area (Å²) >= 11 is 0. The number of nitriles is 2. The van der Waals surface area contributed by atoms with Crippen LogP contribution in [-0.4, -0.2) is 242 Å². The summed E-state index contributed by atoms with van der Waals surface area (Å²) in [5.41, 5.74) is 0. The van der Waals surface area contributed by atoms with Crippen molar-refractivity contribution in [1.29, 1.82) is 10.5 Å². The molecule has 0 radical (unpaired) electrons. The third kappa shape index (κ3) is 38.8. The lowest BCUT2D eigenvalue weighted by Crippen LogP contribution is -2.40. The molecule has 0 aliphatic carbocycles. The molecule has 0 aromatic rings. The van der Waals surface area contributed by atoms with Crippen molar-refractivity contribution < 1.29 is 164 Å². The number of carbonyl (C=O) groups is 7. The second kappa shape index (κ2) is 50.6. The van der Waals surface area contributed by atoms with Crippen molar-refractivity contribution >= 4 is 43.1 Å². The van der Waals surface area contributed by atoms with E-state index >= 15 is 0 Å². The molecular formula is C56H86F6N2O29. The van der Waals surface area contributed by atoms with Gasteiger partial charge in [0.05, 0.1) is 84.4 Å². The molecule has 13 atom stereocenters. The van der Waals surface area contributed by atoms with E-state index in [2.05, 4.69) is 49.6 Å². The molecule has 7 aliphatic heterocycles. The Labute approximate surface area is 533 Å². The predicted molar refractivity (Wildman–Crippen MR) is 296 cm³/mol. The van der Waals surface area contributed by atoms with Gasteiger partial charge in [-0.25, -0.2) is 38.0 Å². The molecule has 0 aromatic carbocycles. The van der Waals surface area contributed by atoms with Crippen molar-refractivity contribution in [2.24, 2.45) is 0 Å². The average Bonchev–Trinajstić information content (AvgIpc) is 1.86. The van der Waals surface area contributed by atoms with Crippen molar-refractivity contribution in [3.05, 3.63) is 0 Å². The van der Waals surface area contributed by atoms with E-state index in [-0.39, 0.29) is 57.3 Å². The van der Waals surface area contributed by atoms with Crippen LogP contribution in [0.4, 0.5) is 59.9 Å². The third-order valence-corrected chi connectivity index (χ3v) is 11.3. The number of rotatable bonds is 33. The van der Waals surface area contributed by atoms with Gasteiger partial charge in [0.1, 0.15) is 25.4 Å². The van der Waals surface area contributed by atoms with Crippen LogP contribution in [0.5, 0.6) is 0 Å². The van der Waals surface area contributed by atoms with Gasteiger partial charge in [0, 0.05) is 46.1 Å². The maximum atomic E-state index is 12.9. The van der Waals surface area contributed by atoms with Gasteiger partial charge in [-0.15, -0.1) is 0 Å². The average molecular weight is 1370 g/mol. The molecule has 7 saturated heterocycles. The summed E-state index contributed by atoms with van der Waals surface area (Å²) in [4.78, 5) is 73.7. The van der Waals surface area contributed by atoms with Gasteiger partial charge >= 0.3 is 49.3 Å². The normalized spacial score (nSPS) is 25.5. The molecule has 93 heavy (non-hydrogen) atoms. The van der Waals surface area contributed by atoms with Crippen LogP contribution in [0.25, 0.3) is 0 Å². The molecule has 31 nitrogen and oxygen atoms in total. The molecule has 7 heterocycles. The zero-order valence-electron chi connectivity index (χ0n) is 52.9. The minimum Gasteiger partial charge on any atom is -0.430 e. The molecule has 0 N–H and O–H groups in total. The van der Waals surface area contributed by atoms with Crippen LogP contribution in [0.2, 0.25) is 0 Å². The van der Waals surface area contributed by atoms with E-state index in [4.69, 9.17) is 72.1 Å². The van der Waals surface area contributed by atoms with Crippen LogP contribution in [0.15, 0.2) is 0 Å². The zero-order valence-corrected chi connectivity index (χ0v) is 52.9. The van der Waals surface area contributed by atoms with E-state index in [0.29, 0.717) is 92.1 Å². The van der Waals surface area contributed by atoms with E-state index in [0.717, 1.165) is 45.1 Å². The maximum absolute atomic E-state index is 12.9. The summed E-state index contributed by atoms with van der Waals surface area (Å²) in [5, 5.41) is 16.4. The van der Waals surface area contributed by atoms with Gasteiger partial charge < -0.3 is 104 Å².